The summed E-state index contributed by atoms with van der Waals surface area (Å²) in [7, 11) is 0. The van der Waals surface area contributed by atoms with Gasteiger partial charge in [-0.3, -0.25) is 4.68 Å². The second kappa shape index (κ2) is 5.75. The predicted octanol–water partition coefficient (Wildman–Crippen LogP) is 3.27. The van der Waals surface area contributed by atoms with Crippen LogP contribution in [0.25, 0.3) is 0 Å². The molecular weight excluding hydrogens is 253 g/mol. The summed E-state index contributed by atoms with van der Waals surface area (Å²) in [5.41, 5.74) is 3.48. The van der Waals surface area contributed by atoms with Crippen molar-refractivity contribution < 1.29 is 4.39 Å². The van der Waals surface area contributed by atoms with Crippen LogP contribution in [-0.2, 0) is 13.1 Å². The second-order valence-electron chi connectivity index (χ2n) is 6.14. The van der Waals surface area contributed by atoms with Crippen molar-refractivity contribution in [1.29, 1.82) is 0 Å². The van der Waals surface area contributed by atoms with Gasteiger partial charge >= 0.3 is 0 Å². The third-order valence-electron chi connectivity index (χ3n) is 3.26. The van der Waals surface area contributed by atoms with E-state index in [1.54, 1.807) is 12.1 Å². The fourth-order valence-electron chi connectivity index (χ4n) is 1.94. The van der Waals surface area contributed by atoms with E-state index in [1.165, 1.54) is 17.7 Å². The van der Waals surface area contributed by atoms with Gasteiger partial charge in [0.25, 0.3) is 0 Å². The van der Waals surface area contributed by atoms with Crippen LogP contribution in [0, 0.1) is 12.7 Å². The molecule has 0 atom stereocenters. The minimum atomic E-state index is -0.207. The molecule has 20 heavy (non-hydrogen) atoms. The Hall–Kier alpha value is -1.68. The molecule has 0 saturated carbocycles. The molecule has 3 nitrogen and oxygen atoms in total. The van der Waals surface area contributed by atoms with E-state index in [0.717, 1.165) is 17.8 Å². The fraction of sp³-hybridized carbons (Fsp3) is 0.438. The van der Waals surface area contributed by atoms with Gasteiger partial charge < -0.3 is 5.32 Å². The summed E-state index contributed by atoms with van der Waals surface area (Å²) in [6, 6.07) is 6.56. The first-order valence-corrected chi connectivity index (χ1v) is 6.86. The van der Waals surface area contributed by atoms with Crippen molar-refractivity contribution in [2.24, 2.45) is 0 Å². The first-order valence-electron chi connectivity index (χ1n) is 6.86. The van der Waals surface area contributed by atoms with E-state index >= 15 is 0 Å². The molecule has 0 radical (unpaired) electrons. The van der Waals surface area contributed by atoms with Crippen LogP contribution in [0.3, 0.4) is 0 Å². The van der Waals surface area contributed by atoms with Gasteiger partial charge in [-0.05, 0) is 45.4 Å². The molecular formula is C16H22FN3. The number of hydrogen-bond acceptors (Lipinski definition) is 2. The topological polar surface area (TPSA) is 29.9 Å². The summed E-state index contributed by atoms with van der Waals surface area (Å²) in [6.45, 7) is 9.97. The molecule has 0 amide bonds. The second-order valence-corrected chi connectivity index (χ2v) is 6.14. The van der Waals surface area contributed by atoms with E-state index in [0.29, 0.717) is 6.54 Å². The fourth-order valence-corrected chi connectivity index (χ4v) is 1.94. The Balaban J connectivity index is 2.07. The summed E-state index contributed by atoms with van der Waals surface area (Å²) >= 11 is 0. The van der Waals surface area contributed by atoms with Crippen molar-refractivity contribution in [3.63, 3.8) is 0 Å². The Morgan fingerprint density at radius 3 is 2.45 bits per heavy atom. The highest BCUT2D eigenvalue weighted by molar-refractivity contribution is 5.20. The molecule has 0 aliphatic carbocycles. The lowest BCUT2D eigenvalue weighted by Crippen LogP contribution is -2.35. The maximum atomic E-state index is 12.9. The van der Waals surface area contributed by atoms with E-state index in [-0.39, 0.29) is 11.4 Å². The Bertz CT molecular complexity index is 564. The largest absolute Gasteiger partial charge is 0.308 e. The number of hydrogen-bond donors (Lipinski definition) is 1. The number of nitrogens with zero attached hydrogens (tertiary/aromatic N) is 2. The Kier molecular flexibility index (Phi) is 4.23. The summed E-state index contributed by atoms with van der Waals surface area (Å²) in [5, 5.41) is 7.88. The van der Waals surface area contributed by atoms with Gasteiger partial charge in [-0.2, -0.15) is 5.10 Å². The zero-order valence-electron chi connectivity index (χ0n) is 12.6. The van der Waals surface area contributed by atoms with Gasteiger partial charge in [0.05, 0.1) is 12.7 Å². The molecule has 4 heteroatoms. The summed E-state index contributed by atoms with van der Waals surface area (Å²) in [5.74, 6) is -0.207. The minimum absolute atomic E-state index is 0.0888. The molecule has 1 aromatic carbocycles. The van der Waals surface area contributed by atoms with Crippen molar-refractivity contribution >= 4 is 0 Å². The van der Waals surface area contributed by atoms with Gasteiger partial charge in [-0.1, -0.05) is 12.1 Å². The molecule has 0 bridgehead atoms. The van der Waals surface area contributed by atoms with Gasteiger partial charge in [0, 0.05) is 23.3 Å². The normalized spacial score (nSPS) is 11.8. The third-order valence-corrected chi connectivity index (χ3v) is 3.26. The van der Waals surface area contributed by atoms with Crippen LogP contribution in [0.5, 0.6) is 0 Å². The average Bonchev–Trinajstić information content (AvgIpc) is 2.70. The van der Waals surface area contributed by atoms with E-state index in [9.17, 15) is 4.39 Å². The number of benzene rings is 1. The third kappa shape index (κ3) is 3.90. The highest BCUT2D eigenvalue weighted by atomic mass is 19.1. The molecule has 1 N–H and O–H groups in total. The van der Waals surface area contributed by atoms with Crippen LogP contribution in [-0.4, -0.2) is 15.3 Å². The van der Waals surface area contributed by atoms with Crippen LogP contribution < -0.4 is 5.32 Å². The van der Waals surface area contributed by atoms with Gasteiger partial charge in [0.1, 0.15) is 5.82 Å². The smallest absolute Gasteiger partial charge is 0.123 e. The van der Waals surface area contributed by atoms with Crippen molar-refractivity contribution in [3.05, 3.63) is 53.1 Å². The van der Waals surface area contributed by atoms with Crippen LogP contribution in [0.15, 0.2) is 30.5 Å². The quantitative estimate of drug-likeness (QED) is 0.928. The summed E-state index contributed by atoms with van der Waals surface area (Å²) in [4.78, 5) is 0. The Labute approximate surface area is 119 Å². The minimum Gasteiger partial charge on any atom is -0.308 e. The van der Waals surface area contributed by atoms with E-state index in [2.05, 4.69) is 38.1 Å². The van der Waals surface area contributed by atoms with Crippen molar-refractivity contribution in [3.8, 4) is 0 Å². The zero-order chi connectivity index (χ0) is 14.8. The van der Waals surface area contributed by atoms with E-state index in [4.69, 9.17) is 0 Å². The van der Waals surface area contributed by atoms with Crippen molar-refractivity contribution in [2.45, 2.75) is 46.3 Å². The molecule has 1 heterocycles. The molecule has 2 rings (SSSR count). The monoisotopic (exact) mass is 275 g/mol. The van der Waals surface area contributed by atoms with Crippen LogP contribution in [0.4, 0.5) is 4.39 Å². The summed E-state index contributed by atoms with van der Waals surface area (Å²) < 4.78 is 14.8. The SMILES string of the molecule is Cc1c(CNC(C)(C)C)cnn1Cc1ccc(F)cc1. The highest BCUT2D eigenvalue weighted by Crippen LogP contribution is 2.12. The number of aromatic nitrogens is 2. The van der Waals surface area contributed by atoms with Gasteiger partial charge in [-0.25, -0.2) is 4.39 Å². The number of halogens is 1. The number of rotatable bonds is 4. The Morgan fingerprint density at radius 2 is 1.85 bits per heavy atom. The molecule has 0 unspecified atom stereocenters. The molecule has 0 aliphatic heterocycles. The molecule has 0 spiro atoms. The van der Waals surface area contributed by atoms with Crippen LogP contribution in [0.1, 0.15) is 37.6 Å². The van der Waals surface area contributed by atoms with E-state index in [1.807, 2.05) is 10.9 Å². The maximum Gasteiger partial charge on any atom is 0.123 e. The van der Waals surface area contributed by atoms with Crippen LogP contribution in [0.2, 0.25) is 0 Å². The van der Waals surface area contributed by atoms with Crippen molar-refractivity contribution in [2.75, 3.05) is 0 Å². The lowest BCUT2D eigenvalue weighted by atomic mass is 10.1. The lowest BCUT2D eigenvalue weighted by Gasteiger charge is -2.20. The van der Waals surface area contributed by atoms with E-state index < -0.39 is 0 Å². The van der Waals surface area contributed by atoms with Crippen molar-refractivity contribution in [1.82, 2.24) is 15.1 Å². The molecule has 108 valence electrons. The zero-order valence-corrected chi connectivity index (χ0v) is 12.6. The standard InChI is InChI=1S/C16H22FN3/c1-12-14(9-18-16(2,3)4)10-19-20(12)11-13-5-7-15(17)8-6-13/h5-8,10,18H,9,11H2,1-4H3. The average molecular weight is 275 g/mol. The van der Waals surface area contributed by atoms with Gasteiger partial charge in [-0.15, -0.1) is 0 Å². The summed E-state index contributed by atoms with van der Waals surface area (Å²) in [6.07, 6.45) is 1.90. The predicted molar refractivity (Wildman–Crippen MR) is 79.1 cm³/mol. The Morgan fingerprint density at radius 1 is 1.20 bits per heavy atom. The van der Waals surface area contributed by atoms with Crippen LogP contribution >= 0.6 is 0 Å². The first-order chi connectivity index (χ1) is 9.35. The highest BCUT2D eigenvalue weighted by Gasteiger charge is 2.12. The molecule has 0 fully saturated rings. The molecule has 1 aromatic heterocycles. The first kappa shape index (κ1) is 14.7. The number of nitrogens with one attached hydrogen (secondary N) is 1. The van der Waals surface area contributed by atoms with Gasteiger partial charge in [0.2, 0.25) is 0 Å². The molecule has 2 aromatic rings. The molecule has 0 saturated heterocycles. The van der Waals surface area contributed by atoms with Gasteiger partial charge in [0.15, 0.2) is 0 Å². The lowest BCUT2D eigenvalue weighted by molar-refractivity contribution is 0.423. The maximum absolute atomic E-state index is 12.9. The molecule has 0 aliphatic rings.